The van der Waals surface area contributed by atoms with Crippen molar-refractivity contribution in [3.8, 4) is 11.5 Å². The average molecular weight is 469 g/mol. The summed E-state index contributed by atoms with van der Waals surface area (Å²) in [6, 6.07) is 9.70. The van der Waals surface area contributed by atoms with Crippen molar-refractivity contribution in [3.63, 3.8) is 0 Å². The molecule has 0 bridgehead atoms. The lowest BCUT2D eigenvalue weighted by atomic mass is 9.76. The summed E-state index contributed by atoms with van der Waals surface area (Å²) in [7, 11) is 0. The maximum Gasteiger partial charge on any atom is 0.142 e. The number of nitrogens with one attached hydrogen (secondary N) is 1. The molecule has 0 aliphatic carbocycles. The molecule has 132 valence electrons. The van der Waals surface area contributed by atoms with E-state index in [-0.39, 0.29) is 41.2 Å². The molecule has 0 radical (unpaired) electrons. The van der Waals surface area contributed by atoms with Gasteiger partial charge in [0.05, 0.1) is 0 Å². The number of phenols is 2. The SMILES string of the molecule is C[C@@H]1C(=O)[C@H](C)[C@@H](c2cc(Br)ccc2O)N[C@H]1c1cc(Br)ccc1O. The minimum Gasteiger partial charge on any atom is -0.508 e. The number of rotatable bonds is 2. The molecule has 3 N–H and O–H groups in total. The largest absolute Gasteiger partial charge is 0.508 e. The van der Waals surface area contributed by atoms with Gasteiger partial charge in [0.15, 0.2) is 0 Å². The van der Waals surface area contributed by atoms with Gasteiger partial charge in [0.25, 0.3) is 0 Å². The normalized spacial score (nSPS) is 26.6. The first-order valence-electron chi connectivity index (χ1n) is 8.06. The first-order valence-corrected chi connectivity index (χ1v) is 9.64. The maximum absolute atomic E-state index is 12.9. The predicted octanol–water partition coefficient (Wildman–Crippen LogP) is 4.85. The Hall–Kier alpha value is -1.37. The number of phenolic OH excluding ortho intramolecular Hbond substituents is 2. The van der Waals surface area contributed by atoms with E-state index in [1.165, 1.54) is 0 Å². The fourth-order valence-electron chi connectivity index (χ4n) is 3.49. The molecule has 0 unspecified atom stereocenters. The number of halogens is 2. The number of hydrogen-bond donors (Lipinski definition) is 3. The van der Waals surface area contributed by atoms with Crippen molar-refractivity contribution in [3.05, 3.63) is 56.5 Å². The van der Waals surface area contributed by atoms with E-state index in [2.05, 4.69) is 37.2 Å². The summed E-state index contributed by atoms with van der Waals surface area (Å²) < 4.78 is 1.67. The molecule has 0 spiro atoms. The van der Waals surface area contributed by atoms with Gasteiger partial charge in [0.2, 0.25) is 0 Å². The quantitative estimate of drug-likeness (QED) is 0.589. The van der Waals surface area contributed by atoms with Gasteiger partial charge < -0.3 is 15.5 Å². The van der Waals surface area contributed by atoms with E-state index in [1.807, 2.05) is 26.0 Å². The lowest BCUT2D eigenvalue weighted by Gasteiger charge is -2.40. The second-order valence-corrected chi connectivity index (χ2v) is 8.34. The zero-order valence-corrected chi connectivity index (χ0v) is 17.0. The van der Waals surface area contributed by atoms with Gasteiger partial charge in [-0.25, -0.2) is 0 Å². The zero-order chi connectivity index (χ0) is 18.3. The van der Waals surface area contributed by atoms with Crippen molar-refractivity contribution in [2.24, 2.45) is 11.8 Å². The van der Waals surface area contributed by atoms with Crippen molar-refractivity contribution in [1.29, 1.82) is 0 Å². The Kier molecular flexibility index (Phi) is 5.23. The van der Waals surface area contributed by atoms with Crippen molar-refractivity contribution in [1.82, 2.24) is 5.32 Å². The summed E-state index contributed by atoms with van der Waals surface area (Å²) in [5, 5.41) is 24.0. The summed E-state index contributed by atoms with van der Waals surface area (Å²) in [4.78, 5) is 12.9. The first kappa shape index (κ1) is 18.4. The highest BCUT2D eigenvalue weighted by atomic mass is 79.9. The fourth-order valence-corrected chi connectivity index (χ4v) is 4.25. The van der Waals surface area contributed by atoms with Gasteiger partial charge in [-0.15, -0.1) is 0 Å². The van der Waals surface area contributed by atoms with Crippen molar-refractivity contribution < 1.29 is 15.0 Å². The Balaban J connectivity index is 2.05. The molecule has 1 fully saturated rings. The third kappa shape index (κ3) is 3.48. The minimum atomic E-state index is -0.343. The molecule has 1 heterocycles. The number of carbonyl (C=O) groups is 1. The van der Waals surface area contributed by atoms with Crippen LogP contribution >= 0.6 is 31.9 Å². The monoisotopic (exact) mass is 467 g/mol. The van der Waals surface area contributed by atoms with Crippen LogP contribution in [0, 0.1) is 11.8 Å². The van der Waals surface area contributed by atoms with Crippen LogP contribution in [0.25, 0.3) is 0 Å². The number of piperidine rings is 1. The van der Waals surface area contributed by atoms with Crippen LogP contribution in [0.1, 0.15) is 37.1 Å². The summed E-state index contributed by atoms with van der Waals surface area (Å²) in [6.45, 7) is 3.74. The summed E-state index contributed by atoms with van der Waals surface area (Å²) >= 11 is 6.84. The highest BCUT2D eigenvalue weighted by Gasteiger charge is 2.41. The van der Waals surface area contributed by atoms with Crippen LogP contribution < -0.4 is 5.32 Å². The van der Waals surface area contributed by atoms with Crippen LogP contribution in [0.2, 0.25) is 0 Å². The van der Waals surface area contributed by atoms with E-state index in [0.29, 0.717) is 11.1 Å². The lowest BCUT2D eigenvalue weighted by molar-refractivity contribution is -0.130. The Morgan fingerprint density at radius 2 is 1.24 bits per heavy atom. The van der Waals surface area contributed by atoms with Gasteiger partial charge in [-0.3, -0.25) is 4.79 Å². The Labute approximate surface area is 163 Å². The van der Waals surface area contributed by atoms with Crippen molar-refractivity contribution >= 4 is 37.6 Å². The molecular weight excluding hydrogens is 450 g/mol. The summed E-state index contributed by atoms with van der Waals surface area (Å²) in [5.41, 5.74) is 1.34. The van der Waals surface area contributed by atoms with Gasteiger partial charge in [0.1, 0.15) is 17.3 Å². The maximum atomic E-state index is 12.9. The van der Waals surface area contributed by atoms with E-state index >= 15 is 0 Å². The fraction of sp³-hybridized carbons (Fsp3) is 0.316. The van der Waals surface area contributed by atoms with Crippen LogP contribution in [-0.4, -0.2) is 16.0 Å². The van der Waals surface area contributed by atoms with Crippen LogP contribution in [0.15, 0.2) is 45.3 Å². The van der Waals surface area contributed by atoms with Gasteiger partial charge in [-0.05, 0) is 36.4 Å². The van der Waals surface area contributed by atoms with Gasteiger partial charge in [-0.1, -0.05) is 45.7 Å². The molecule has 0 saturated carbocycles. The van der Waals surface area contributed by atoms with Gasteiger partial charge in [-0.2, -0.15) is 0 Å². The van der Waals surface area contributed by atoms with Gasteiger partial charge >= 0.3 is 0 Å². The lowest BCUT2D eigenvalue weighted by Crippen LogP contribution is -2.46. The topological polar surface area (TPSA) is 69.6 Å². The number of aromatic hydroxyl groups is 2. The van der Waals surface area contributed by atoms with E-state index in [9.17, 15) is 15.0 Å². The standard InChI is InChI=1S/C19H19Br2NO3/c1-9-17(13-7-11(20)3-5-15(13)23)22-18(10(2)19(9)25)14-8-12(21)4-6-16(14)24/h3-10,17-18,22-24H,1-2H3/t9-,10+,17+,18-. The summed E-state index contributed by atoms with van der Waals surface area (Å²) in [6.07, 6.45) is 0. The molecule has 0 amide bonds. The smallest absolute Gasteiger partial charge is 0.142 e. The molecule has 0 aromatic heterocycles. The molecule has 1 aliphatic heterocycles. The molecule has 2 aromatic carbocycles. The molecular formula is C19H19Br2NO3. The predicted molar refractivity (Wildman–Crippen MR) is 104 cm³/mol. The van der Waals surface area contributed by atoms with E-state index < -0.39 is 0 Å². The summed E-state index contributed by atoms with van der Waals surface area (Å²) in [5.74, 6) is -0.187. The first-order chi connectivity index (χ1) is 11.8. The van der Waals surface area contributed by atoms with Crippen LogP contribution in [0.5, 0.6) is 11.5 Å². The van der Waals surface area contributed by atoms with Crippen LogP contribution in [0.4, 0.5) is 0 Å². The van der Waals surface area contributed by atoms with E-state index in [1.54, 1.807) is 24.3 Å². The number of benzene rings is 2. The second kappa shape index (κ2) is 7.09. The minimum absolute atomic E-state index is 0.104. The molecule has 1 aliphatic rings. The molecule has 3 rings (SSSR count). The second-order valence-electron chi connectivity index (χ2n) is 6.51. The Morgan fingerprint density at radius 3 is 1.64 bits per heavy atom. The Bertz CT molecular complexity index is 759. The van der Waals surface area contributed by atoms with Crippen molar-refractivity contribution in [2.75, 3.05) is 0 Å². The van der Waals surface area contributed by atoms with Gasteiger partial charge in [0, 0.05) is 44.0 Å². The molecule has 25 heavy (non-hydrogen) atoms. The highest BCUT2D eigenvalue weighted by Crippen LogP contribution is 2.43. The molecule has 4 nitrogen and oxygen atoms in total. The molecule has 2 aromatic rings. The molecule has 4 atom stereocenters. The van der Waals surface area contributed by atoms with Crippen LogP contribution in [0.3, 0.4) is 0 Å². The number of hydrogen-bond acceptors (Lipinski definition) is 4. The van der Waals surface area contributed by atoms with E-state index in [4.69, 9.17) is 0 Å². The van der Waals surface area contributed by atoms with E-state index in [0.717, 1.165) is 8.95 Å². The van der Waals surface area contributed by atoms with Crippen LogP contribution in [-0.2, 0) is 4.79 Å². The third-order valence-corrected chi connectivity index (χ3v) is 5.89. The molecule has 6 heteroatoms. The number of ketones is 1. The highest BCUT2D eigenvalue weighted by molar-refractivity contribution is 9.10. The number of carbonyl (C=O) groups excluding carboxylic acids is 1. The van der Waals surface area contributed by atoms with Crippen molar-refractivity contribution in [2.45, 2.75) is 25.9 Å². The Morgan fingerprint density at radius 1 is 0.840 bits per heavy atom. The molecule has 1 saturated heterocycles. The number of Topliss-reactive ketones (excluding diaryl/α,β-unsaturated/α-hetero) is 1. The third-order valence-electron chi connectivity index (χ3n) is 4.91. The average Bonchev–Trinajstić information content (AvgIpc) is 2.58. The zero-order valence-electron chi connectivity index (χ0n) is 13.8.